The van der Waals surface area contributed by atoms with Gasteiger partial charge in [-0.2, -0.15) is 0 Å². The van der Waals surface area contributed by atoms with E-state index in [-0.39, 0.29) is 24.9 Å². The van der Waals surface area contributed by atoms with E-state index in [1.54, 1.807) is 0 Å². The summed E-state index contributed by atoms with van der Waals surface area (Å²) in [6.07, 6.45) is 2.47. The Bertz CT molecular complexity index is 489. The van der Waals surface area contributed by atoms with Crippen LogP contribution in [0.3, 0.4) is 0 Å². The molecule has 0 bridgehead atoms. The largest absolute Gasteiger partial charge is 0.354 e. The number of hydrogen-bond donors (Lipinski definition) is 2. The van der Waals surface area contributed by atoms with E-state index in [1.165, 1.54) is 16.8 Å². The molecule has 0 aromatic carbocycles. The SMILES string of the molecule is CCC(C)NC(=O)CCn1ccc(=O)[nH]c1=O. The van der Waals surface area contributed by atoms with Gasteiger partial charge in [0.1, 0.15) is 0 Å². The molecule has 0 aliphatic carbocycles. The van der Waals surface area contributed by atoms with Gasteiger partial charge in [-0.3, -0.25) is 14.6 Å². The maximum Gasteiger partial charge on any atom is 0.328 e. The van der Waals surface area contributed by atoms with Crippen molar-refractivity contribution in [2.45, 2.75) is 39.3 Å². The summed E-state index contributed by atoms with van der Waals surface area (Å²) in [7, 11) is 0. The number of carbonyl (C=O) groups excluding carboxylic acids is 1. The lowest BCUT2D eigenvalue weighted by atomic mass is 10.2. The number of rotatable bonds is 5. The van der Waals surface area contributed by atoms with Gasteiger partial charge in [-0.15, -0.1) is 0 Å². The summed E-state index contributed by atoms with van der Waals surface area (Å²) in [5.41, 5.74) is -0.927. The maximum absolute atomic E-state index is 11.5. The molecular formula is C11H17N3O3. The van der Waals surface area contributed by atoms with Crippen LogP contribution in [-0.2, 0) is 11.3 Å². The van der Waals surface area contributed by atoms with Crippen molar-refractivity contribution in [3.05, 3.63) is 33.1 Å². The van der Waals surface area contributed by atoms with Gasteiger partial charge in [0.2, 0.25) is 5.91 Å². The number of aryl methyl sites for hydroxylation is 1. The fraction of sp³-hybridized carbons (Fsp3) is 0.545. The molecule has 1 aromatic heterocycles. The number of carbonyl (C=O) groups is 1. The standard InChI is InChI=1S/C11H17N3O3/c1-3-8(2)12-9(15)4-6-14-7-5-10(16)13-11(14)17/h5,7-8H,3-4,6H2,1-2H3,(H,12,15)(H,13,16,17). The van der Waals surface area contributed by atoms with Crippen LogP contribution in [0.1, 0.15) is 26.7 Å². The minimum atomic E-state index is -0.492. The van der Waals surface area contributed by atoms with Gasteiger partial charge in [0, 0.05) is 31.3 Å². The van der Waals surface area contributed by atoms with E-state index in [9.17, 15) is 14.4 Å². The summed E-state index contributed by atoms with van der Waals surface area (Å²) in [5, 5.41) is 2.80. The van der Waals surface area contributed by atoms with Crippen LogP contribution >= 0.6 is 0 Å². The van der Waals surface area contributed by atoms with Gasteiger partial charge in [0.15, 0.2) is 0 Å². The molecule has 0 saturated carbocycles. The normalized spacial score (nSPS) is 12.1. The number of aromatic amines is 1. The summed E-state index contributed by atoms with van der Waals surface area (Å²) < 4.78 is 1.30. The molecule has 2 N–H and O–H groups in total. The highest BCUT2D eigenvalue weighted by molar-refractivity contribution is 5.76. The molecule has 0 aliphatic heterocycles. The van der Waals surface area contributed by atoms with E-state index in [0.717, 1.165) is 6.42 Å². The Morgan fingerprint density at radius 1 is 1.53 bits per heavy atom. The first kappa shape index (κ1) is 13.2. The monoisotopic (exact) mass is 239 g/mol. The zero-order valence-corrected chi connectivity index (χ0v) is 10.0. The number of aromatic nitrogens is 2. The molecule has 0 spiro atoms. The van der Waals surface area contributed by atoms with Gasteiger partial charge in [-0.1, -0.05) is 6.92 Å². The zero-order valence-electron chi connectivity index (χ0n) is 10.0. The molecular weight excluding hydrogens is 222 g/mol. The van der Waals surface area contributed by atoms with E-state index in [1.807, 2.05) is 13.8 Å². The summed E-state index contributed by atoms with van der Waals surface area (Å²) in [4.78, 5) is 35.7. The third-order valence-corrected chi connectivity index (χ3v) is 2.50. The van der Waals surface area contributed by atoms with Crippen LogP contribution < -0.4 is 16.6 Å². The lowest BCUT2D eigenvalue weighted by molar-refractivity contribution is -0.121. The van der Waals surface area contributed by atoms with Crippen molar-refractivity contribution in [2.24, 2.45) is 0 Å². The van der Waals surface area contributed by atoms with Crippen molar-refractivity contribution in [3.8, 4) is 0 Å². The Balaban J connectivity index is 2.53. The molecule has 1 amide bonds. The predicted molar refractivity (Wildman–Crippen MR) is 63.8 cm³/mol. The van der Waals surface area contributed by atoms with Crippen molar-refractivity contribution in [2.75, 3.05) is 0 Å². The van der Waals surface area contributed by atoms with Crippen LogP contribution in [0.4, 0.5) is 0 Å². The molecule has 6 nitrogen and oxygen atoms in total. The smallest absolute Gasteiger partial charge is 0.328 e. The summed E-state index contributed by atoms with van der Waals surface area (Å²) in [6, 6.07) is 1.39. The number of H-pyrrole nitrogens is 1. The minimum absolute atomic E-state index is 0.0996. The quantitative estimate of drug-likeness (QED) is 0.749. The lowest BCUT2D eigenvalue weighted by Gasteiger charge is -2.11. The third kappa shape index (κ3) is 4.26. The second kappa shape index (κ2) is 6.03. The third-order valence-electron chi connectivity index (χ3n) is 2.50. The highest BCUT2D eigenvalue weighted by atomic mass is 16.2. The molecule has 94 valence electrons. The fourth-order valence-corrected chi connectivity index (χ4v) is 1.29. The highest BCUT2D eigenvalue weighted by Gasteiger charge is 2.06. The van der Waals surface area contributed by atoms with Gasteiger partial charge in [0.25, 0.3) is 5.56 Å². The molecule has 6 heteroatoms. The molecule has 0 aliphatic rings. The maximum atomic E-state index is 11.5. The molecule has 17 heavy (non-hydrogen) atoms. The van der Waals surface area contributed by atoms with Crippen molar-refractivity contribution < 1.29 is 4.79 Å². The van der Waals surface area contributed by atoms with E-state index < -0.39 is 11.2 Å². The second-order valence-corrected chi connectivity index (χ2v) is 3.93. The Morgan fingerprint density at radius 2 is 2.24 bits per heavy atom. The average molecular weight is 239 g/mol. The van der Waals surface area contributed by atoms with Gasteiger partial charge in [-0.25, -0.2) is 4.79 Å². The van der Waals surface area contributed by atoms with Crippen molar-refractivity contribution in [1.82, 2.24) is 14.9 Å². The van der Waals surface area contributed by atoms with Gasteiger partial charge < -0.3 is 9.88 Å². The zero-order chi connectivity index (χ0) is 12.8. The van der Waals surface area contributed by atoms with Crippen LogP contribution in [0.25, 0.3) is 0 Å². The second-order valence-electron chi connectivity index (χ2n) is 3.93. The topological polar surface area (TPSA) is 84.0 Å². The van der Waals surface area contributed by atoms with Crippen LogP contribution in [0, 0.1) is 0 Å². The van der Waals surface area contributed by atoms with Crippen LogP contribution in [0.2, 0.25) is 0 Å². The molecule has 1 heterocycles. The van der Waals surface area contributed by atoms with Crippen molar-refractivity contribution >= 4 is 5.91 Å². The molecule has 1 atom stereocenters. The Hall–Kier alpha value is -1.85. The fourth-order valence-electron chi connectivity index (χ4n) is 1.29. The van der Waals surface area contributed by atoms with Crippen LogP contribution in [0.5, 0.6) is 0 Å². The van der Waals surface area contributed by atoms with Gasteiger partial charge >= 0.3 is 5.69 Å². The van der Waals surface area contributed by atoms with E-state index in [2.05, 4.69) is 10.3 Å². The molecule has 1 aromatic rings. The molecule has 0 saturated heterocycles. The number of hydrogen-bond acceptors (Lipinski definition) is 3. The molecule has 0 radical (unpaired) electrons. The lowest BCUT2D eigenvalue weighted by Crippen LogP contribution is -2.34. The Kier molecular flexibility index (Phi) is 4.68. The Morgan fingerprint density at radius 3 is 2.82 bits per heavy atom. The van der Waals surface area contributed by atoms with Crippen molar-refractivity contribution in [1.29, 1.82) is 0 Å². The number of nitrogens with zero attached hydrogens (tertiary/aromatic N) is 1. The summed E-state index contributed by atoms with van der Waals surface area (Å²) in [6.45, 7) is 4.17. The first-order valence-electron chi connectivity index (χ1n) is 5.62. The van der Waals surface area contributed by atoms with Crippen LogP contribution in [-0.4, -0.2) is 21.5 Å². The number of amides is 1. The molecule has 0 fully saturated rings. The first-order valence-corrected chi connectivity index (χ1v) is 5.62. The van der Waals surface area contributed by atoms with Gasteiger partial charge in [-0.05, 0) is 13.3 Å². The summed E-state index contributed by atoms with van der Waals surface area (Å²) >= 11 is 0. The van der Waals surface area contributed by atoms with E-state index >= 15 is 0 Å². The molecule has 1 unspecified atom stereocenters. The summed E-state index contributed by atoms with van der Waals surface area (Å²) in [5.74, 6) is -0.0996. The average Bonchev–Trinajstić information content (AvgIpc) is 2.27. The van der Waals surface area contributed by atoms with Crippen LogP contribution in [0.15, 0.2) is 21.9 Å². The Labute approximate surface area is 98.7 Å². The minimum Gasteiger partial charge on any atom is -0.354 e. The van der Waals surface area contributed by atoms with E-state index in [4.69, 9.17) is 0 Å². The van der Waals surface area contributed by atoms with Gasteiger partial charge in [0.05, 0.1) is 0 Å². The van der Waals surface area contributed by atoms with Crippen molar-refractivity contribution in [3.63, 3.8) is 0 Å². The predicted octanol–water partition coefficient (Wildman–Crippen LogP) is -0.159. The highest BCUT2D eigenvalue weighted by Crippen LogP contribution is 1.91. The number of nitrogens with one attached hydrogen (secondary N) is 2. The molecule has 1 rings (SSSR count). The first-order chi connectivity index (χ1) is 8.02. The van der Waals surface area contributed by atoms with E-state index in [0.29, 0.717) is 0 Å².